The van der Waals surface area contributed by atoms with E-state index >= 15 is 0 Å². The van der Waals surface area contributed by atoms with Crippen LogP contribution in [0.1, 0.15) is 20.3 Å². The van der Waals surface area contributed by atoms with E-state index in [2.05, 4.69) is 10.8 Å². The molecule has 0 aliphatic carbocycles. The Morgan fingerprint density at radius 2 is 1.56 bits per heavy atom. The van der Waals surface area contributed by atoms with E-state index in [9.17, 15) is 4.79 Å². The Bertz CT molecular complexity index is 636. The molecule has 2 aromatic rings. The van der Waals surface area contributed by atoms with Crippen LogP contribution < -0.4 is 20.4 Å². The molecular weight excluding hydrogens is 320 g/mol. The predicted octanol–water partition coefficient (Wildman–Crippen LogP) is 2.87. The second kappa shape index (κ2) is 9.66. The number of carbonyl (C=O) groups is 1. The standard InChI is InChI=1S/C19H24N2O4/c1-3-15-20-19(23-4-2,24-16-11-7-5-8-12-16)18(22)21-25-17-13-9-6-10-14-17/h5-14,20H,3-4,15H2,1-2H3,(H,21,22). The summed E-state index contributed by atoms with van der Waals surface area (Å²) in [6, 6.07) is 18.0. The molecule has 1 unspecified atom stereocenters. The second-order valence-corrected chi connectivity index (χ2v) is 5.24. The summed E-state index contributed by atoms with van der Waals surface area (Å²) in [4.78, 5) is 18.1. The highest BCUT2D eigenvalue weighted by Crippen LogP contribution is 2.19. The van der Waals surface area contributed by atoms with Gasteiger partial charge in [0.25, 0.3) is 0 Å². The Kier molecular flexibility index (Phi) is 7.25. The van der Waals surface area contributed by atoms with Gasteiger partial charge >= 0.3 is 11.8 Å². The molecule has 0 saturated carbocycles. The molecule has 0 spiro atoms. The molecule has 0 bridgehead atoms. The van der Waals surface area contributed by atoms with Crippen LogP contribution in [0.2, 0.25) is 0 Å². The molecule has 6 heteroatoms. The zero-order valence-corrected chi connectivity index (χ0v) is 14.5. The maximum atomic E-state index is 12.8. The lowest BCUT2D eigenvalue weighted by Crippen LogP contribution is -2.63. The summed E-state index contributed by atoms with van der Waals surface area (Å²) in [7, 11) is 0. The summed E-state index contributed by atoms with van der Waals surface area (Å²) < 4.78 is 11.5. The third-order valence-electron chi connectivity index (χ3n) is 3.26. The smallest absolute Gasteiger partial charge is 0.357 e. The molecule has 0 saturated heterocycles. The second-order valence-electron chi connectivity index (χ2n) is 5.24. The molecule has 6 nitrogen and oxygen atoms in total. The Hall–Kier alpha value is -2.57. The van der Waals surface area contributed by atoms with E-state index in [1.807, 2.05) is 43.3 Å². The Morgan fingerprint density at radius 3 is 2.12 bits per heavy atom. The van der Waals surface area contributed by atoms with Gasteiger partial charge in [0.05, 0.1) is 6.61 Å². The van der Waals surface area contributed by atoms with Crippen LogP contribution in [0.5, 0.6) is 11.5 Å². The van der Waals surface area contributed by atoms with E-state index in [4.69, 9.17) is 14.3 Å². The van der Waals surface area contributed by atoms with Crippen LogP contribution in [-0.4, -0.2) is 25.0 Å². The molecule has 2 N–H and O–H groups in total. The van der Waals surface area contributed by atoms with Crippen LogP contribution in [0.3, 0.4) is 0 Å². The minimum atomic E-state index is -1.68. The van der Waals surface area contributed by atoms with Crippen molar-refractivity contribution in [3.63, 3.8) is 0 Å². The summed E-state index contributed by atoms with van der Waals surface area (Å²) in [5.41, 5.74) is 2.40. The molecule has 25 heavy (non-hydrogen) atoms. The van der Waals surface area contributed by atoms with E-state index < -0.39 is 11.8 Å². The molecule has 0 aromatic heterocycles. The van der Waals surface area contributed by atoms with Crippen LogP contribution in [0, 0.1) is 0 Å². The number of hydrogen-bond acceptors (Lipinski definition) is 5. The number of ether oxygens (including phenoxy) is 2. The van der Waals surface area contributed by atoms with Gasteiger partial charge < -0.3 is 14.3 Å². The van der Waals surface area contributed by atoms with Gasteiger partial charge in [0.15, 0.2) is 5.75 Å². The fourth-order valence-corrected chi connectivity index (χ4v) is 2.12. The third kappa shape index (κ3) is 5.48. The highest BCUT2D eigenvalue weighted by molar-refractivity contribution is 5.83. The van der Waals surface area contributed by atoms with Gasteiger partial charge in [-0.25, -0.2) is 5.32 Å². The van der Waals surface area contributed by atoms with Crippen molar-refractivity contribution in [1.82, 2.24) is 10.8 Å². The zero-order valence-electron chi connectivity index (χ0n) is 14.5. The zero-order chi connectivity index (χ0) is 18.0. The molecule has 0 aliphatic heterocycles. The van der Waals surface area contributed by atoms with Crippen molar-refractivity contribution in [2.24, 2.45) is 0 Å². The first kappa shape index (κ1) is 18.8. The number of hydroxylamine groups is 1. The van der Waals surface area contributed by atoms with Crippen LogP contribution in [0.25, 0.3) is 0 Å². The van der Waals surface area contributed by atoms with Crippen molar-refractivity contribution in [1.29, 1.82) is 0 Å². The summed E-state index contributed by atoms with van der Waals surface area (Å²) in [6.45, 7) is 4.60. The van der Waals surface area contributed by atoms with Crippen LogP contribution in [0.15, 0.2) is 60.7 Å². The largest absolute Gasteiger partial charge is 0.441 e. The highest BCUT2D eigenvalue weighted by atomic mass is 16.7. The average molecular weight is 344 g/mol. The molecule has 1 amide bonds. The van der Waals surface area contributed by atoms with E-state index in [-0.39, 0.29) is 6.61 Å². The molecule has 0 aliphatic rings. The topological polar surface area (TPSA) is 68.8 Å². The van der Waals surface area contributed by atoms with Gasteiger partial charge in [-0.05, 0) is 37.6 Å². The lowest BCUT2D eigenvalue weighted by molar-refractivity contribution is -0.212. The summed E-state index contributed by atoms with van der Waals surface area (Å²) in [5, 5.41) is 3.03. The highest BCUT2D eigenvalue weighted by Gasteiger charge is 2.43. The maximum Gasteiger partial charge on any atom is 0.357 e. The maximum absolute atomic E-state index is 12.8. The SMILES string of the molecule is CCCNC(OCC)(Oc1ccccc1)C(=O)NOc1ccccc1. The number of rotatable bonds is 10. The number of amides is 1. The molecule has 0 radical (unpaired) electrons. The number of hydrogen-bond donors (Lipinski definition) is 2. The molecular formula is C19H24N2O4. The van der Waals surface area contributed by atoms with Gasteiger partial charge in [-0.3, -0.25) is 4.79 Å². The van der Waals surface area contributed by atoms with Crippen LogP contribution in [0.4, 0.5) is 0 Å². The summed E-state index contributed by atoms with van der Waals surface area (Å²) in [6.07, 6.45) is 0.805. The van der Waals surface area contributed by atoms with Crippen molar-refractivity contribution in [3.05, 3.63) is 60.7 Å². The first-order valence-electron chi connectivity index (χ1n) is 8.35. The van der Waals surface area contributed by atoms with Gasteiger partial charge in [-0.2, -0.15) is 5.48 Å². The molecule has 0 fully saturated rings. The number of carbonyl (C=O) groups excluding carboxylic acids is 1. The van der Waals surface area contributed by atoms with Crippen molar-refractivity contribution in [2.45, 2.75) is 26.2 Å². The van der Waals surface area contributed by atoms with Gasteiger partial charge in [-0.15, -0.1) is 0 Å². The number of nitrogens with one attached hydrogen (secondary N) is 2. The molecule has 2 aromatic carbocycles. The normalized spacial score (nSPS) is 12.9. The predicted molar refractivity (Wildman–Crippen MR) is 94.9 cm³/mol. The quantitative estimate of drug-likeness (QED) is 0.512. The van der Waals surface area contributed by atoms with Crippen molar-refractivity contribution < 1.29 is 19.1 Å². The van der Waals surface area contributed by atoms with E-state index in [1.165, 1.54) is 0 Å². The Balaban J connectivity index is 2.16. The van der Waals surface area contributed by atoms with Crippen molar-refractivity contribution >= 4 is 5.91 Å². The monoisotopic (exact) mass is 344 g/mol. The van der Waals surface area contributed by atoms with E-state index in [1.54, 1.807) is 31.2 Å². The lowest BCUT2D eigenvalue weighted by atomic mass is 10.3. The van der Waals surface area contributed by atoms with Crippen molar-refractivity contribution in [2.75, 3.05) is 13.2 Å². The average Bonchev–Trinajstić information content (AvgIpc) is 2.66. The molecule has 1 atom stereocenters. The number of benzene rings is 2. The Labute approximate surface area is 148 Å². The first-order chi connectivity index (χ1) is 12.2. The van der Waals surface area contributed by atoms with Crippen molar-refractivity contribution in [3.8, 4) is 11.5 Å². The van der Waals surface area contributed by atoms with E-state index in [0.717, 1.165) is 6.42 Å². The Morgan fingerprint density at radius 1 is 0.960 bits per heavy atom. The molecule has 0 heterocycles. The van der Waals surface area contributed by atoms with Gasteiger partial charge in [-0.1, -0.05) is 43.3 Å². The first-order valence-corrected chi connectivity index (χ1v) is 8.35. The number of para-hydroxylation sites is 2. The third-order valence-corrected chi connectivity index (χ3v) is 3.26. The van der Waals surface area contributed by atoms with E-state index in [0.29, 0.717) is 18.0 Å². The minimum Gasteiger partial charge on any atom is -0.441 e. The van der Waals surface area contributed by atoms with Gasteiger partial charge in [0.2, 0.25) is 0 Å². The van der Waals surface area contributed by atoms with Crippen LogP contribution >= 0.6 is 0 Å². The summed E-state index contributed by atoms with van der Waals surface area (Å²) >= 11 is 0. The van der Waals surface area contributed by atoms with Crippen LogP contribution in [-0.2, 0) is 9.53 Å². The molecule has 2 rings (SSSR count). The minimum absolute atomic E-state index is 0.280. The lowest BCUT2D eigenvalue weighted by Gasteiger charge is -2.32. The fourth-order valence-electron chi connectivity index (χ4n) is 2.12. The fraction of sp³-hybridized carbons (Fsp3) is 0.316. The summed E-state index contributed by atoms with van der Waals surface area (Å²) in [5.74, 6) is -1.23. The van der Waals surface area contributed by atoms with Gasteiger partial charge in [0, 0.05) is 6.54 Å². The van der Waals surface area contributed by atoms with Gasteiger partial charge in [0.1, 0.15) is 5.75 Å². The molecule has 134 valence electrons.